The second kappa shape index (κ2) is 8.27. The fraction of sp³-hybridized carbons (Fsp3) is 0. The van der Waals surface area contributed by atoms with E-state index in [-0.39, 0.29) is 5.91 Å². The standard InChI is InChI=1S/C20H12N4OS3/c21-11-14(10-13-4-1-7-22-12-13)19-23-17(15-5-2-8-26-15)20(28-19)24-18(25)16-6-3-9-27-16/h1-10,12H,(H,24,25). The van der Waals surface area contributed by atoms with Gasteiger partial charge < -0.3 is 5.32 Å². The predicted molar refractivity (Wildman–Crippen MR) is 115 cm³/mol. The van der Waals surface area contributed by atoms with Gasteiger partial charge in [-0.2, -0.15) is 5.26 Å². The fourth-order valence-corrected chi connectivity index (χ4v) is 4.79. The molecule has 1 amide bonds. The van der Waals surface area contributed by atoms with Crippen molar-refractivity contribution in [2.24, 2.45) is 0 Å². The third-order valence-corrected chi connectivity index (χ3v) is 6.45. The van der Waals surface area contributed by atoms with Gasteiger partial charge >= 0.3 is 0 Å². The number of carbonyl (C=O) groups is 1. The molecule has 4 aromatic heterocycles. The van der Waals surface area contributed by atoms with Gasteiger partial charge in [0.2, 0.25) is 0 Å². The first-order chi connectivity index (χ1) is 13.7. The van der Waals surface area contributed by atoms with Crippen molar-refractivity contribution in [2.75, 3.05) is 5.32 Å². The molecule has 0 bridgehead atoms. The van der Waals surface area contributed by atoms with Crippen LogP contribution in [0.4, 0.5) is 5.00 Å². The summed E-state index contributed by atoms with van der Waals surface area (Å²) in [6, 6.07) is 13.4. The Bertz CT molecular complexity index is 1150. The maximum absolute atomic E-state index is 12.5. The van der Waals surface area contributed by atoms with E-state index in [0.717, 1.165) is 10.4 Å². The largest absolute Gasteiger partial charge is 0.311 e. The van der Waals surface area contributed by atoms with Crippen molar-refractivity contribution < 1.29 is 4.79 Å². The van der Waals surface area contributed by atoms with Crippen LogP contribution in [0.15, 0.2) is 59.6 Å². The summed E-state index contributed by atoms with van der Waals surface area (Å²) in [7, 11) is 0. The Labute approximate surface area is 173 Å². The summed E-state index contributed by atoms with van der Waals surface area (Å²) in [6.07, 6.45) is 5.11. The van der Waals surface area contributed by atoms with E-state index in [1.54, 1.807) is 24.5 Å². The highest BCUT2D eigenvalue weighted by atomic mass is 32.1. The number of thiazole rings is 1. The summed E-state index contributed by atoms with van der Waals surface area (Å²) < 4.78 is 0. The highest BCUT2D eigenvalue weighted by Gasteiger charge is 2.19. The Morgan fingerprint density at radius 1 is 1.14 bits per heavy atom. The topological polar surface area (TPSA) is 78.7 Å². The number of rotatable bonds is 5. The summed E-state index contributed by atoms with van der Waals surface area (Å²) in [6.45, 7) is 0. The van der Waals surface area contributed by atoms with Crippen LogP contribution < -0.4 is 5.32 Å². The molecular formula is C20H12N4OS3. The van der Waals surface area contributed by atoms with Gasteiger partial charge in [-0.15, -0.1) is 22.7 Å². The average Bonchev–Trinajstić information content (AvgIpc) is 3.48. The van der Waals surface area contributed by atoms with Gasteiger partial charge in [0.05, 0.1) is 15.3 Å². The van der Waals surface area contributed by atoms with Gasteiger partial charge in [-0.3, -0.25) is 9.78 Å². The molecule has 0 saturated heterocycles. The summed E-state index contributed by atoms with van der Waals surface area (Å²) in [5, 5.41) is 17.6. The lowest BCUT2D eigenvalue weighted by atomic mass is 10.2. The van der Waals surface area contributed by atoms with Gasteiger partial charge in [0.1, 0.15) is 21.8 Å². The number of anilines is 1. The highest BCUT2D eigenvalue weighted by molar-refractivity contribution is 7.19. The van der Waals surface area contributed by atoms with Gasteiger partial charge in [0.25, 0.3) is 5.91 Å². The molecule has 0 aromatic carbocycles. The second-order valence-corrected chi connectivity index (χ2v) is 8.46. The third-order valence-electron chi connectivity index (χ3n) is 3.70. The summed E-state index contributed by atoms with van der Waals surface area (Å²) in [4.78, 5) is 22.8. The van der Waals surface area contributed by atoms with E-state index in [1.807, 2.05) is 41.1 Å². The quantitative estimate of drug-likeness (QED) is 0.424. The molecule has 0 unspecified atom stereocenters. The number of aromatic nitrogens is 2. The van der Waals surface area contributed by atoms with Crippen molar-refractivity contribution >= 4 is 56.6 Å². The Hall–Kier alpha value is -3.12. The molecule has 136 valence electrons. The van der Waals surface area contributed by atoms with Crippen molar-refractivity contribution in [3.8, 4) is 16.6 Å². The van der Waals surface area contributed by atoms with Crippen LogP contribution in [0.2, 0.25) is 0 Å². The van der Waals surface area contributed by atoms with Crippen molar-refractivity contribution in [3.63, 3.8) is 0 Å². The van der Waals surface area contributed by atoms with Gasteiger partial charge in [-0.1, -0.05) is 29.5 Å². The lowest BCUT2D eigenvalue weighted by molar-refractivity contribution is 0.103. The van der Waals surface area contributed by atoms with Crippen LogP contribution in [0.1, 0.15) is 20.2 Å². The maximum atomic E-state index is 12.5. The normalized spacial score (nSPS) is 11.2. The molecule has 0 aliphatic heterocycles. The number of pyridine rings is 1. The molecule has 0 aliphatic carbocycles. The number of allylic oxidation sites excluding steroid dienone is 1. The van der Waals surface area contributed by atoms with Crippen LogP contribution in [0.25, 0.3) is 22.2 Å². The van der Waals surface area contributed by atoms with Crippen LogP contribution in [0, 0.1) is 11.3 Å². The molecule has 0 spiro atoms. The van der Waals surface area contributed by atoms with Crippen LogP contribution in [-0.2, 0) is 0 Å². The molecule has 4 rings (SSSR count). The number of thiophene rings is 2. The number of nitrogens with one attached hydrogen (secondary N) is 1. The third kappa shape index (κ3) is 3.92. The minimum absolute atomic E-state index is 0.183. The van der Waals surface area contributed by atoms with Gasteiger partial charge in [-0.05, 0) is 40.6 Å². The number of amides is 1. The minimum Gasteiger partial charge on any atom is -0.311 e. The summed E-state index contributed by atoms with van der Waals surface area (Å²) >= 11 is 4.20. The van der Waals surface area contributed by atoms with Crippen LogP contribution in [0.5, 0.6) is 0 Å². The maximum Gasteiger partial charge on any atom is 0.266 e. The van der Waals surface area contributed by atoms with Crippen molar-refractivity contribution in [3.05, 3.63) is 75.0 Å². The molecule has 0 saturated carbocycles. The number of carbonyl (C=O) groups excluding carboxylic acids is 1. The van der Waals surface area contributed by atoms with E-state index in [1.165, 1.54) is 34.0 Å². The molecule has 1 N–H and O–H groups in total. The Balaban J connectivity index is 1.74. The van der Waals surface area contributed by atoms with Crippen LogP contribution >= 0.6 is 34.0 Å². The van der Waals surface area contributed by atoms with Crippen molar-refractivity contribution in [2.45, 2.75) is 0 Å². The van der Waals surface area contributed by atoms with Gasteiger partial charge in [-0.25, -0.2) is 4.98 Å². The first-order valence-electron chi connectivity index (χ1n) is 8.16. The van der Waals surface area contributed by atoms with E-state index in [4.69, 9.17) is 0 Å². The molecule has 28 heavy (non-hydrogen) atoms. The molecule has 0 aliphatic rings. The first kappa shape index (κ1) is 18.3. The molecule has 5 nitrogen and oxygen atoms in total. The van der Waals surface area contributed by atoms with E-state index < -0.39 is 0 Å². The van der Waals surface area contributed by atoms with Crippen LogP contribution in [-0.4, -0.2) is 15.9 Å². The second-order valence-electron chi connectivity index (χ2n) is 5.56. The molecule has 4 heterocycles. The van der Waals surface area contributed by atoms with Crippen molar-refractivity contribution in [1.29, 1.82) is 5.26 Å². The molecular weight excluding hydrogens is 408 g/mol. The summed E-state index contributed by atoms with van der Waals surface area (Å²) in [5.74, 6) is -0.183. The van der Waals surface area contributed by atoms with E-state index in [0.29, 0.717) is 26.2 Å². The average molecular weight is 421 g/mol. The van der Waals surface area contributed by atoms with E-state index in [2.05, 4.69) is 21.4 Å². The number of hydrogen-bond acceptors (Lipinski definition) is 7. The molecule has 0 radical (unpaired) electrons. The van der Waals surface area contributed by atoms with Gasteiger partial charge in [0.15, 0.2) is 0 Å². The zero-order chi connectivity index (χ0) is 19.3. The number of nitrogens with zero attached hydrogens (tertiary/aromatic N) is 3. The Morgan fingerprint density at radius 2 is 2.00 bits per heavy atom. The van der Waals surface area contributed by atoms with E-state index in [9.17, 15) is 10.1 Å². The van der Waals surface area contributed by atoms with Gasteiger partial charge in [0, 0.05) is 12.4 Å². The molecule has 8 heteroatoms. The molecule has 0 atom stereocenters. The van der Waals surface area contributed by atoms with Crippen molar-refractivity contribution in [1.82, 2.24) is 9.97 Å². The Morgan fingerprint density at radius 3 is 2.68 bits per heavy atom. The number of hydrogen-bond donors (Lipinski definition) is 1. The lowest BCUT2D eigenvalue weighted by Gasteiger charge is -2.02. The zero-order valence-corrected chi connectivity index (χ0v) is 16.8. The smallest absolute Gasteiger partial charge is 0.266 e. The highest BCUT2D eigenvalue weighted by Crippen LogP contribution is 2.38. The van der Waals surface area contributed by atoms with E-state index >= 15 is 0 Å². The van der Waals surface area contributed by atoms with Crippen LogP contribution in [0.3, 0.4) is 0 Å². The number of nitriles is 1. The molecule has 4 aromatic rings. The zero-order valence-electron chi connectivity index (χ0n) is 14.3. The lowest BCUT2D eigenvalue weighted by Crippen LogP contribution is -2.09. The minimum atomic E-state index is -0.183. The fourth-order valence-electron chi connectivity index (χ4n) is 2.44. The summed E-state index contributed by atoms with van der Waals surface area (Å²) in [5.41, 5.74) is 1.91. The first-order valence-corrected chi connectivity index (χ1v) is 10.7. The predicted octanol–water partition coefficient (Wildman–Crippen LogP) is 5.64. The SMILES string of the molecule is N#CC(=Cc1cccnc1)c1nc(-c2cccs2)c(NC(=O)c2cccs2)s1. The Kier molecular flexibility index (Phi) is 5.39. The monoisotopic (exact) mass is 420 g/mol. The molecule has 0 fully saturated rings.